The van der Waals surface area contributed by atoms with Crippen molar-refractivity contribution in [2.75, 3.05) is 23.7 Å². The highest BCUT2D eigenvalue weighted by atomic mass is 32.2. The lowest BCUT2D eigenvalue weighted by Crippen LogP contribution is -2.35. The minimum atomic E-state index is 0.0906. The van der Waals surface area contributed by atoms with Crippen LogP contribution in [0.25, 0.3) is 0 Å². The molecule has 1 aliphatic carbocycles. The summed E-state index contributed by atoms with van der Waals surface area (Å²) in [5.74, 6) is 2.96. The maximum absolute atomic E-state index is 12.6. The Morgan fingerprint density at radius 3 is 2.63 bits per heavy atom. The fourth-order valence-electron chi connectivity index (χ4n) is 4.35. The number of nitrogens with zero attached hydrogens (tertiary/aromatic N) is 4. The number of aromatic nitrogens is 3. The van der Waals surface area contributed by atoms with Crippen LogP contribution in [0.15, 0.2) is 28.0 Å². The summed E-state index contributed by atoms with van der Waals surface area (Å²) in [6.07, 6.45) is 11.2. The molecule has 1 saturated heterocycles. The summed E-state index contributed by atoms with van der Waals surface area (Å²) < 4.78 is 7.67. The molecule has 164 valence electrons. The Labute approximate surface area is 183 Å². The normalized spacial score (nSPS) is 19.0. The predicted octanol–water partition coefficient (Wildman–Crippen LogP) is 4.09. The van der Waals surface area contributed by atoms with E-state index in [1.54, 1.807) is 6.26 Å². The molecule has 0 spiro atoms. The molecular weight excluding hydrogens is 398 g/mol. The summed E-state index contributed by atoms with van der Waals surface area (Å²) in [5, 5.41) is 12.9. The first-order valence-corrected chi connectivity index (χ1v) is 12.3. The van der Waals surface area contributed by atoms with Crippen LogP contribution in [0.4, 0.5) is 5.95 Å². The van der Waals surface area contributed by atoms with Crippen molar-refractivity contribution in [1.29, 1.82) is 0 Å². The van der Waals surface area contributed by atoms with E-state index in [0.717, 1.165) is 48.7 Å². The fourth-order valence-corrected chi connectivity index (χ4v) is 5.09. The van der Waals surface area contributed by atoms with Gasteiger partial charge >= 0.3 is 0 Å². The molecule has 0 bridgehead atoms. The Hall–Kier alpha value is -1.96. The molecule has 2 aliphatic rings. The van der Waals surface area contributed by atoms with Gasteiger partial charge in [-0.25, -0.2) is 0 Å². The molecule has 8 heteroatoms. The van der Waals surface area contributed by atoms with Gasteiger partial charge in [0.05, 0.1) is 18.6 Å². The molecule has 2 aromatic heterocycles. The van der Waals surface area contributed by atoms with Gasteiger partial charge in [-0.05, 0) is 43.7 Å². The third-order valence-electron chi connectivity index (χ3n) is 6.21. The molecule has 3 heterocycles. The van der Waals surface area contributed by atoms with Gasteiger partial charge in [-0.15, -0.1) is 10.2 Å². The van der Waals surface area contributed by atoms with Crippen LogP contribution in [0.1, 0.15) is 64.1 Å². The van der Waals surface area contributed by atoms with E-state index in [-0.39, 0.29) is 5.91 Å². The number of piperidine rings is 1. The molecule has 1 saturated carbocycles. The van der Waals surface area contributed by atoms with E-state index in [2.05, 4.69) is 31.9 Å². The molecular formula is C22H33N5O2S. The van der Waals surface area contributed by atoms with Gasteiger partial charge in [0.2, 0.25) is 11.9 Å². The Morgan fingerprint density at radius 1 is 1.17 bits per heavy atom. The fraction of sp³-hybridized carbons (Fsp3) is 0.682. The summed E-state index contributed by atoms with van der Waals surface area (Å²) in [5.41, 5.74) is 0. The van der Waals surface area contributed by atoms with Crippen LogP contribution in [-0.2, 0) is 11.3 Å². The zero-order chi connectivity index (χ0) is 20.8. The van der Waals surface area contributed by atoms with Crippen molar-refractivity contribution in [2.24, 2.45) is 5.92 Å². The zero-order valence-electron chi connectivity index (χ0n) is 17.9. The van der Waals surface area contributed by atoms with Gasteiger partial charge in [0.1, 0.15) is 5.76 Å². The summed E-state index contributed by atoms with van der Waals surface area (Å²) in [7, 11) is 0. The van der Waals surface area contributed by atoms with E-state index >= 15 is 0 Å². The van der Waals surface area contributed by atoms with Crippen molar-refractivity contribution in [3.8, 4) is 0 Å². The molecule has 1 N–H and O–H groups in total. The van der Waals surface area contributed by atoms with Gasteiger partial charge in [0.15, 0.2) is 5.16 Å². The third kappa shape index (κ3) is 5.59. The van der Waals surface area contributed by atoms with Crippen LogP contribution < -0.4 is 10.2 Å². The number of hydrogen-bond acceptors (Lipinski definition) is 6. The van der Waals surface area contributed by atoms with E-state index in [1.807, 2.05) is 12.1 Å². The Morgan fingerprint density at radius 2 is 1.93 bits per heavy atom. The number of carbonyl (C=O) groups excluding carboxylic acids is 1. The number of thioether (sulfide) groups is 1. The molecule has 0 radical (unpaired) electrons. The second kappa shape index (κ2) is 10.4. The first kappa shape index (κ1) is 21.3. The maximum Gasteiger partial charge on any atom is 0.230 e. The molecule has 0 unspecified atom stereocenters. The van der Waals surface area contributed by atoms with Gasteiger partial charge in [-0.3, -0.25) is 9.36 Å². The first-order chi connectivity index (χ1) is 14.7. The molecule has 30 heavy (non-hydrogen) atoms. The number of carbonyl (C=O) groups is 1. The van der Waals surface area contributed by atoms with Crippen molar-refractivity contribution in [1.82, 2.24) is 20.1 Å². The summed E-state index contributed by atoms with van der Waals surface area (Å²) in [4.78, 5) is 14.9. The highest BCUT2D eigenvalue weighted by Crippen LogP contribution is 2.27. The number of anilines is 1. The SMILES string of the molecule is CC1CCN(c2nnc(SCC(=O)NC3CCCCCC3)n2Cc2ccco2)CC1. The van der Waals surface area contributed by atoms with Crippen LogP contribution in [0.3, 0.4) is 0 Å². The molecule has 7 nitrogen and oxygen atoms in total. The quantitative estimate of drug-likeness (QED) is 0.526. The van der Waals surface area contributed by atoms with Crippen LogP contribution >= 0.6 is 11.8 Å². The molecule has 4 rings (SSSR count). The monoisotopic (exact) mass is 431 g/mol. The van der Waals surface area contributed by atoms with Gasteiger partial charge in [-0.1, -0.05) is 44.4 Å². The Balaban J connectivity index is 1.42. The highest BCUT2D eigenvalue weighted by molar-refractivity contribution is 7.99. The topological polar surface area (TPSA) is 76.2 Å². The number of hydrogen-bond donors (Lipinski definition) is 1. The zero-order valence-corrected chi connectivity index (χ0v) is 18.7. The summed E-state index contributed by atoms with van der Waals surface area (Å²) in [6.45, 7) is 4.86. The average Bonchev–Trinajstić information content (AvgIpc) is 3.32. The van der Waals surface area contributed by atoms with E-state index in [4.69, 9.17) is 4.42 Å². The van der Waals surface area contributed by atoms with Gasteiger partial charge in [-0.2, -0.15) is 0 Å². The number of furan rings is 1. The van der Waals surface area contributed by atoms with E-state index in [0.29, 0.717) is 18.3 Å². The summed E-state index contributed by atoms with van der Waals surface area (Å²) >= 11 is 1.47. The smallest absolute Gasteiger partial charge is 0.230 e. The highest BCUT2D eigenvalue weighted by Gasteiger charge is 2.24. The lowest BCUT2D eigenvalue weighted by molar-refractivity contribution is -0.119. The van der Waals surface area contributed by atoms with E-state index in [1.165, 1.54) is 50.3 Å². The Bertz CT molecular complexity index is 791. The molecule has 1 aliphatic heterocycles. The van der Waals surface area contributed by atoms with Gasteiger partial charge in [0, 0.05) is 19.1 Å². The van der Waals surface area contributed by atoms with Gasteiger partial charge in [0.25, 0.3) is 0 Å². The minimum absolute atomic E-state index is 0.0906. The van der Waals surface area contributed by atoms with Crippen molar-refractivity contribution in [3.63, 3.8) is 0 Å². The average molecular weight is 432 g/mol. The van der Waals surface area contributed by atoms with Crippen LogP contribution in [0.2, 0.25) is 0 Å². The predicted molar refractivity (Wildman–Crippen MR) is 119 cm³/mol. The van der Waals surface area contributed by atoms with Crippen LogP contribution in [0, 0.1) is 5.92 Å². The van der Waals surface area contributed by atoms with Crippen molar-refractivity contribution in [2.45, 2.75) is 76.0 Å². The Kier molecular flexibility index (Phi) is 7.36. The first-order valence-electron chi connectivity index (χ1n) is 11.3. The third-order valence-corrected chi connectivity index (χ3v) is 7.18. The van der Waals surface area contributed by atoms with Crippen molar-refractivity contribution < 1.29 is 9.21 Å². The second-order valence-corrected chi connectivity index (χ2v) is 9.60. The number of nitrogens with one attached hydrogen (secondary N) is 1. The van der Waals surface area contributed by atoms with E-state index in [9.17, 15) is 4.79 Å². The lowest BCUT2D eigenvalue weighted by atomic mass is 10.00. The van der Waals surface area contributed by atoms with Crippen molar-refractivity contribution >= 4 is 23.6 Å². The van der Waals surface area contributed by atoms with Crippen molar-refractivity contribution in [3.05, 3.63) is 24.2 Å². The molecule has 2 fully saturated rings. The lowest BCUT2D eigenvalue weighted by Gasteiger charge is -2.31. The van der Waals surface area contributed by atoms with E-state index < -0.39 is 0 Å². The largest absolute Gasteiger partial charge is 0.467 e. The maximum atomic E-state index is 12.6. The molecule has 1 amide bonds. The molecule has 2 aromatic rings. The number of rotatable bonds is 7. The standard InChI is InChI=1S/C22H33N5O2S/c1-17-10-12-26(13-11-17)21-24-25-22(27(21)15-19-9-6-14-29-19)30-16-20(28)23-18-7-4-2-3-5-8-18/h6,9,14,17-18H,2-5,7-8,10-13,15-16H2,1H3,(H,23,28). The van der Waals surface area contributed by atoms with Gasteiger partial charge < -0.3 is 14.6 Å². The van der Waals surface area contributed by atoms with Crippen LogP contribution in [-0.4, -0.2) is 45.6 Å². The second-order valence-electron chi connectivity index (χ2n) is 8.66. The summed E-state index contributed by atoms with van der Waals surface area (Å²) in [6, 6.07) is 4.19. The van der Waals surface area contributed by atoms with Crippen LogP contribution in [0.5, 0.6) is 0 Å². The molecule has 0 aromatic carbocycles. The molecule has 0 atom stereocenters. The number of amides is 1. The minimum Gasteiger partial charge on any atom is -0.467 e.